The van der Waals surface area contributed by atoms with Crippen molar-refractivity contribution in [2.24, 2.45) is 0 Å². The van der Waals surface area contributed by atoms with Crippen LogP contribution in [-0.4, -0.2) is 66.4 Å². The molecule has 2 atom stereocenters. The molecule has 0 saturated carbocycles. The zero-order valence-corrected chi connectivity index (χ0v) is 24.0. The minimum Gasteiger partial charge on any atom is -0.462 e. The Morgan fingerprint density at radius 3 is 1.20 bits per heavy atom. The number of nitrogens with zero attached hydrogens (tertiary/aromatic N) is 2. The zero-order valence-electron chi connectivity index (χ0n) is 24.0. The highest BCUT2D eigenvalue weighted by atomic mass is 16.6. The first kappa shape index (κ1) is 33.0. The third-order valence-corrected chi connectivity index (χ3v) is 6.27. The molecule has 2 aromatic carbocycles. The Balaban J connectivity index is 1.55. The summed E-state index contributed by atoms with van der Waals surface area (Å²) in [6.45, 7) is -2.36. The van der Waals surface area contributed by atoms with Crippen LogP contribution in [0.3, 0.4) is 0 Å². The number of hydrogen-bond donors (Lipinski definition) is 4. The molecule has 46 heavy (non-hydrogen) atoms. The second-order valence-corrected chi connectivity index (χ2v) is 9.45. The van der Waals surface area contributed by atoms with Gasteiger partial charge in [-0.2, -0.15) is 0 Å². The van der Waals surface area contributed by atoms with Crippen LogP contribution in [0.2, 0.25) is 0 Å². The van der Waals surface area contributed by atoms with Crippen LogP contribution in [0.5, 0.6) is 0 Å². The van der Waals surface area contributed by atoms with E-state index in [9.17, 15) is 38.4 Å². The van der Waals surface area contributed by atoms with Gasteiger partial charge in [-0.1, -0.05) is 60.7 Å². The molecule has 18 nitrogen and oxygen atoms in total. The molecule has 0 aliphatic carbocycles. The fourth-order valence-electron chi connectivity index (χ4n) is 4.03. The summed E-state index contributed by atoms with van der Waals surface area (Å²) in [5, 5.41) is 0. The van der Waals surface area contributed by atoms with Crippen LogP contribution in [0.25, 0.3) is 0 Å². The number of ether oxygens (including phenoxy) is 4. The summed E-state index contributed by atoms with van der Waals surface area (Å²) in [5.41, 5.74) is -4.90. The molecule has 18 heteroatoms. The molecule has 2 unspecified atom stereocenters. The number of hydrogen-bond acceptors (Lipinski definition) is 12. The fraction of sp³-hybridized carbons (Fsp3) is 0.286. The number of carbonyl (C=O) groups excluding carboxylic acids is 2. The highest BCUT2D eigenvalue weighted by Gasteiger charge is 2.38. The van der Waals surface area contributed by atoms with Crippen molar-refractivity contribution in [2.75, 3.05) is 13.2 Å². The Kier molecular flexibility index (Phi) is 11.3. The van der Waals surface area contributed by atoms with Crippen molar-refractivity contribution in [2.45, 2.75) is 38.5 Å². The Labute approximate surface area is 256 Å². The number of aromatic nitrogens is 6. The molecule has 0 saturated heterocycles. The van der Waals surface area contributed by atoms with E-state index in [1.807, 2.05) is 19.9 Å². The van der Waals surface area contributed by atoms with Crippen molar-refractivity contribution in [1.82, 2.24) is 29.1 Å². The van der Waals surface area contributed by atoms with Crippen LogP contribution in [0.4, 0.5) is 0 Å². The van der Waals surface area contributed by atoms with Gasteiger partial charge in [0, 0.05) is 0 Å². The van der Waals surface area contributed by atoms with Gasteiger partial charge in [0.05, 0.1) is 26.3 Å². The van der Waals surface area contributed by atoms with Crippen LogP contribution in [0, 0.1) is 0 Å². The molecule has 0 radical (unpaired) electrons. The molecule has 0 amide bonds. The summed E-state index contributed by atoms with van der Waals surface area (Å²) < 4.78 is 23.3. The lowest BCUT2D eigenvalue weighted by molar-refractivity contribution is -0.186. The Morgan fingerprint density at radius 2 is 0.870 bits per heavy atom. The Morgan fingerprint density at radius 1 is 0.543 bits per heavy atom. The third-order valence-electron chi connectivity index (χ3n) is 6.27. The molecule has 4 rings (SSSR count). The molecule has 0 bridgehead atoms. The lowest BCUT2D eigenvalue weighted by atomic mass is 10.1. The van der Waals surface area contributed by atoms with Gasteiger partial charge in [-0.25, -0.2) is 47.5 Å². The SMILES string of the molecule is O=C(OCCn1c(=O)[nH]c(=O)[nH]c1=O)C(OCc1ccccc1)C(OCc1ccccc1)C(=O)OCCn1c(=O)[nH]c(=O)[nH]c1=O. The predicted octanol–water partition coefficient (Wildman–Crippen LogP) is -2.28. The smallest absolute Gasteiger partial charge is 0.338 e. The second-order valence-electron chi connectivity index (χ2n) is 9.45. The molecular formula is C28H28N6O12. The number of rotatable bonds is 15. The number of aromatic amines is 4. The van der Waals surface area contributed by atoms with E-state index < -0.39 is 84.6 Å². The van der Waals surface area contributed by atoms with E-state index in [4.69, 9.17) is 18.9 Å². The number of nitrogens with one attached hydrogen (secondary N) is 4. The van der Waals surface area contributed by atoms with Gasteiger partial charge in [-0.3, -0.25) is 19.9 Å². The summed E-state index contributed by atoms with van der Waals surface area (Å²) in [6.07, 6.45) is -3.50. The first-order valence-corrected chi connectivity index (χ1v) is 13.6. The number of esters is 2. The first-order chi connectivity index (χ1) is 22.1. The predicted molar refractivity (Wildman–Crippen MR) is 156 cm³/mol. The van der Waals surface area contributed by atoms with Gasteiger partial charge in [-0.05, 0) is 11.1 Å². The Hall–Kier alpha value is -5.88. The highest BCUT2D eigenvalue weighted by Crippen LogP contribution is 2.15. The molecule has 2 heterocycles. The lowest BCUT2D eigenvalue weighted by Gasteiger charge is -2.25. The maximum atomic E-state index is 13.4. The summed E-state index contributed by atoms with van der Waals surface area (Å²) in [7, 11) is 0. The van der Waals surface area contributed by atoms with Gasteiger partial charge in [0.2, 0.25) is 0 Å². The van der Waals surface area contributed by atoms with Crippen LogP contribution in [0.15, 0.2) is 89.4 Å². The van der Waals surface area contributed by atoms with Gasteiger partial charge in [0.15, 0.2) is 12.2 Å². The number of carbonyl (C=O) groups is 2. The topological polar surface area (TPSA) is 246 Å². The number of H-pyrrole nitrogens is 4. The standard InChI is InChI=1S/C28H28N6O12/c35-21(43-13-11-33-25(39)29-23(37)30-26(33)40)19(45-15-17-7-3-1-4-8-17)20(46-16-18-9-5-2-6-10-18)22(36)44-14-12-34-27(41)31-24(38)32-28(34)42/h1-10,19-20H,11-16H2,(H2,29,30,37,39,40)(H2,31,32,38,41,42). The highest BCUT2D eigenvalue weighted by molar-refractivity contribution is 5.85. The molecule has 2 aromatic heterocycles. The van der Waals surface area contributed by atoms with Crippen molar-refractivity contribution in [3.63, 3.8) is 0 Å². The number of benzene rings is 2. The van der Waals surface area contributed by atoms with Crippen molar-refractivity contribution >= 4 is 11.9 Å². The Bertz CT molecular complexity index is 1780. The van der Waals surface area contributed by atoms with E-state index >= 15 is 0 Å². The van der Waals surface area contributed by atoms with E-state index in [2.05, 4.69) is 0 Å². The third kappa shape index (κ3) is 9.07. The molecule has 0 aliphatic heterocycles. The largest absolute Gasteiger partial charge is 0.462 e. The van der Waals surface area contributed by atoms with Crippen LogP contribution < -0.4 is 34.1 Å². The van der Waals surface area contributed by atoms with Crippen molar-refractivity contribution in [3.05, 3.63) is 135 Å². The summed E-state index contributed by atoms with van der Waals surface area (Å²) in [4.78, 5) is 105. The van der Waals surface area contributed by atoms with Gasteiger partial charge in [0.25, 0.3) is 0 Å². The fourth-order valence-corrected chi connectivity index (χ4v) is 4.03. The molecule has 4 N–H and O–H groups in total. The minimum atomic E-state index is -1.75. The normalized spacial score (nSPS) is 12.3. The second kappa shape index (κ2) is 15.7. The minimum absolute atomic E-state index is 0.180. The molecular weight excluding hydrogens is 612 g/mol. The van der Waals surface area contributed by atoms with Gasteiger partial charge >= 0.3 is 46.1 Å². The molecule has 4 aromatic rings. The van der Waals surface area contributed by atoms with E-state index in [1.54, 1.807) is 60.7 Å². The van der Waals surface area contributed by atoms with Crippen LogP contribution in [0.1, 0.15) is 11.1 Å². The van der Waals surface area contributed by atoms with Crippen LogP contribution in [-0.2, 0) is 54.8 Å². The van der Waals surface area contributed by atoms with E-state index in [-0.39, 0.29) is 13.2 Å². The molecule has 0 aliphatic rings. The zero-order chi connectivity index (χ0) is 33.1. The van der Waals surface area contributed by atoms with Gasteiger partial charge in [0.1, 0.15) is 13.2 Å². The molecule has 0 spiro atoms. The summed E-state index contributed by atoms with van der Waals surface area (Å²) in [6, 6.07) is 17.2. The monoisotopic (exact) mass is 640 g/mol. The lowest BCUT2D eigenvalue weighted by Crippen LogP contribution is -2.47. The van der Waals surface area contributed by atoms with Gasteiger partial charge < -0.3 is 18.9 Å². The summed E-state index contributed by atoms with van der Waals surface area (Å²) in [5.74, 6) is -2.23. The maximum Gasteiger partial charge on any atom is 0.338 e. The van der Waals surface area contributed by atoms with Crippen molar-refractivity contribution in [3.8, 4) is 0 Å². The van der Waals surface area contributed by atoms with Crippen molar-refractivity contribution in [1.29, 1.82) is 0 Å². The average Bonchev–Trinajstić information content (AvgIpc) is 3.02. The molecule has 242 valence electrons. The average molecular weight is 641 g/mol. The first-order valence-electron chi connectivity index (χ1n) is 13.6. The summed E-state index contributed by atoms with van der Waals surface area (Å²) >= 11 is 0. The quantitative estimate of drug-likeness (QED) is 0.100. The van der Waals surface area contributed by atoms with E-state index in [0.717, 1.165) is 0 Å². The van der Waals surface area contributed by atoms with Crippen molar-refractivity contribution < 1.29 is 28.5 Å². The molecule has 0 fully saturated rings. The van der Waals surface area contributed by atoms with E-state index in [1.165, 1.54) is 0 Å². The van der Waals surface area contributed by atoms with Crippen LogP contribution >= 0.6 is 0 Å². The van der Waals surface area contributed by atoms with E-state index in [0.29, 0.717) is 20.3 Å². The maximum absolute atomic E-state index is 13.4. The van der Waals surface area contributed by atoms with Gasteiger partial charge in [-0.15, -0.1) is 0 Å².